The molecule has 0 saturated carbocycles. The van der Waals surface area contributed by atoms with Crippen molar-refractivity contribution >= 4 is 44.5 Å². The third kappa shape index (κ3) is 4.10. The summed E-state index contributed by atoms with van der Waals surface area (Å²) in [6.45, 7) is 1.94. The minimum atomic E-state index is -3.14. The van der Waals surface area contributed by atoms with Crippen LogP contribution in [0, 0.1) is 0 Å². The Kier molecular flexibility index (Phi) is 4.72. The quantitative estimate of drug-likeness (QED) is 0.654. The van der Waals surface area contributed by atoms with E-state index in [1.807, 2.05) is 0 Å². The van der Waals surface area contributed by atoms with Crippen LogP contribution in [0.2, 0.25) is 5.02 Å². The number of hydrogen-bond donors (Lipinski definition) is 1. The van der Waals surface area contributed by atoms with E-state index in [4.69, 9.17) is 16.0 Å². The summed E-state index contributed by atoms with van der Waals surface area (Å²) in [6, 6.07) is 5.22. The predicted molar refractivity (Wildman–Crippen MR) is 77.2 cm³/mol. The lowest BCUT2D eigenvalue weighted by atomic mass is 10.3. The molecule has 19 heavy (non-hydrogen) atoms. The molecule has 5 nitrogen and oxygen atoms in total. The zero-order valence-corrected chi connectivity index (χ0v) is 12.6. The fraction of sp³-hybridized carbons (Fsp3) is 0.364. The Labute approximate surface area is 120 Å². The third-order valence-corrected chi connectivity index (χ3v) is 4.83. The molecule has 8 heteroatoms. The molecule has 0 fully saturated rings. The molecule has 2 aromatic rings. The van der Waals surface area contributed by atoms with Crippen molar-refractivity contribution in [2.45, 2.75) is 12.1 Å². The first-order valence-electron chi connectivity index (χ1n) is 5.66. The van der Waals surface area contributed by atoms with E-state index in [-0.39, 0.29) is 5.75 Å². The summed E-state index contributed by atoms with van der Waals surface area (Å²) >= 11 is 7.21. The van der Waals surface area contributed by atoms with Gasteiger partial charge in [0.15, 0.2) is 5.58 Å². The molecule has 0 aliphatic heterocycles. The summed E-state index contributed by atoms with van der Waals surface area (Å²) < 4.78 is 30.4. The molecule has 0 atom stereocenters. The summed E-state index contributed by atoms with van der Waals surface area (Å²) in [7, 11) is -3.14. The van der Waals surface area contributed by atoms with Crippen LogP contribution in [0.1, 0.15) is 6.92 Å². The Bertz CT molecular complexity index is 670. The summed E-state index contributed by atoms with van der Waals surface area (Å²) in [5.74, 6) is 0.638. The minimum absolute atomic E-state index is 0.0824. The van der Waals surface area contributed by atoms with Gasteiger partial charge in [-0.05, 0) is 25.1 Å². The molecule has 0 saturated heterocycles. The second kappa shape index (κ2) is 6.13. The fourth-order valence-corrected chi connectivity index (χ4v) is 2.98. The zero-order valence-electron chi connectivity index (χ0n) is 10.2. The van der Waals surface area contributed by atoms with E-state index in [0.717, 1.165) is 0 Å². The topological polar surface area (TPSA) is 72.2 Å². The highest BCUT2D eigenvalue weighted by Crippen LogP contribution is 2.25. The van der Waals surface area contributed by atoms with Crippen molar-refractivity contribution in [2.75, 3.05) is 18.1 Å². The summed E-state index contributed by atoms with van der Waals surface area (Å²) in [6.07, 6.45) is 0. The van der Waals surface area contributed by atoms with Crippen LogP contribution in [0.25, 0.3) is 11.1 Å². The standard InChI is InChI=1S/C11H13ClN2O3S2/c1-2-19(15,16)13-5-6-18-11-14-9-7-8(12)3-4-10(9)17-11/h3-4,7,13H,2,5-6H2,1H3. The molecule has 0 unspecified atom stereocenters. The molecule has 0 radical (unpaired) electrons. The van der Waals surface area contributed by atoms with Crippen LogP contribution in [-0.4, -0.2) is 31.5 Å². The van der Waals surface area contributed by atoms with E-state index in [1.165, 1.54) is 11.8 Å². The van der Waals surface area contributed by atoms with Crippen molar-refractivity contribution in [2.24, 2.45) is 0 Å². The molecular formula is C11H13ClN2O3S2. The van der Waals surface area contributed by atoms with Gasteiger partial charge >= 0.3 is 0 Å². The highest BCUT2D eigenvalue weighted by atomic mass is 35.5. The number of thioether (sulfide) groups is 1. The van der Waals surface area contributed by atoms with Gasteiger partial charge in [0.25, 0.3) is 5.22 Å². The van der Waals surface area contributed by atoms with Gasteiger partial charge in [-0.2, -0.15) is 0 Å². The van der Waals surface area contributed by atoms with Crippen molar-refractivity contribution in [1.29, 1.82) is 0 Å². The number of rotatable bonds is 6. The van der Waals surface area contributed by atoms with E-state index >= 15 is 0 Å². The van der Waals surface area contributed by atoms with E-state index in [0.29, 0.717) is 33.6 Å². The molecular weight excluding hydrogens is 308 g/mol. The number of nitrogens with zero attached hydrogens (tertiary/aromatic N) is 1. The maximum absolute atomic E-state index is 11.2. The normalized spacial score (nSPS) is 12.1. The molecule has 0 aliphatic carbocycles. The second-order valence-electron chi connectivity index (χ2n) is 3.74. The van der Waals surface area contributed by atoms with Crippen LogP contribution in [-0.2, 0) is 10.0 Å². The van der Waals surface area contributed by atoms with Crippen LogP contribution in [0.5, 0.6) is 0 Å². The van der Waals surface area contributed by atoms with E-state index < -0.39 is 10.0 Å². The minimum Gasteiger partial charge on any atom is -0.431 e. The van der Waals surface area contributed by atoms with E-state index in [9.17, 15) is 8.42 Å². The average molecular weight is 321 g/mol. The zero-order chi connectivity index (χ0) is 13.9. The van der Waals surface area contributed by atoms with Crippen molar-refractivity contribution in [3.8, 4) is 0 Å². The summed E-state index contributed by atoms with van der Waals surface area (Å²) in [5, 5.41) is 1.11. The van der Waals surface area contributed by atoms with Crippen LogP contribution < -0.4 is 4.72 Å². The Morgan fingerprint density at radius 1 is 1.47 bits per heavy atom. The van der Waals surface area contributed by atoms with E-state index in [2.05, 4.69) is 9.71 Å². The molecule has 1 heterocycles. The van der Waals surface area contributed by atoms with Gasteiger partial charge in [0.1, 0.15) is 5.52 Å². The molecule has 2 rings (SSSR count). The van der Waals surface area contributed by atoms with Crippen molar-refractivity contribution in [1.82, 2.24) is 9.71 Å². The van der Waals surface area contributed by atoms with Gasteiger partial charge in [-0.1, -0.05) is 23.4 Å². The molecule has 1 aromatic carbocycles. The average Bonchev–Trinajstić information content (AvgIpc) is 2.76. The number of sulfonamides is 1. The molecule has 1 N–H and O–H groups in total. The molecule has 104 valence electrons. The van der Waals surface area contributed by atoms with Gasteiger partial charge in [-0.15, -0.1) is 0 Å². The molecule has 0 amide bonds. The van der Waals surface area contributed by atoms with Gasteiger partial charge in [0.05, 0.1) is 5.75 Å². The van der Waals surface area contributed by atoms with Gasteiger partial charge < -0.3 is 4.42 Å². The molecule has 1 aromatic heterocycles. The molecule has 0 spiro atoms. The monoisotopic (exact) mass is 320 g/mol. The lowest BCUT2D eigenvalue weighted by molar-refractivity contribution is 0.489. The SMILES string of the molecule is CCS(=O)(=O)NCCSc1nc2cc(Cl)ccc2o1. The smallest absolute Gasteiger partial charge is 0.256 e. The third-order valence-electron chi connectivity index (χ3n) is 2.36. The Morgan fingerprint density at radius 3 is 3.00 bits per heavy atom. The predicted octanol–water partition coefficient (Wildman–Crippen LogP) is 2.51. The van der Waals surface area contributed by atoms with Crippen LogP contribution in [0.4, 0.5) is 0 Å². The summed E-state index contributed by atoms with van der Waals surface area (Å²) in [4.78, 5) is 4.26. The second-order valence-corrected chi connectivity index (χ2v) is 7.32. The lowest BCUT2D eigenvalue weighted by Crippen LogP contribution is -2.27. The number of fused-ring (bicyclic) bond motifs is 1. The Balaban J connectivity index is 1.92. The first-order chi connectivity index (χ1) is 9.00. The Hall–Kier alpha value is -0.760. The highest BCUT2D eigenvalue weighted by Gasteiger charge is 2.08. The first-order valence-corrected chi connectivity index (χ1v) is 8.68. The van der Waals surface area contributed by atoms with Crippen LogP contribution in [0.15, 0.2) is 27.8 Å². The number of nitrogens with one attached hydrogen (secondary N) is 1. The number of aromatic nitrogens is 1. The fourth-order valence-electron chi connectivity index (χ4n) is 1.38. The van der Waals surface area contributed by atoms with Gasteiger partial charge in [0, 0.05) is 17.3 Å². The number of benzene rings is 1. The van der Waals surface area contributed by atoms with Crippen molar-refractivity contribution < 1.29 is 12.8 Å². The summed E-state index contributed by atoms with van der Waals surface area (Å²) in [5.41, 5.74) is 1.37. The van der Waals surface area contributed by atoms with Gasteiger partial charge in [-0.25, -0.2) is 18.1 Å². The molecule has 0 aliphatic rings. The largest absolute Gasteiger partial charge is 0.431 e. The Morgan fingerprint density at radius 2 is 2.26 bits per heavy atom. The van der Waals surface area contributed by atoms with Crippen LogP contribution in [0.3, 0.4) is 0 Å². The maximum atomic E-state index is 11.2. The molecule has 0 bridgehead atoms. The van der Waals surface area contributed by atoms with Gasteiger partial charge in [0.2, 0.25) is 10.0 Å². The number of halogens is 1. The van der Waals surface area contributed by atoms with E-state index in [1.54, 1.807) is 25.1 Å². The lowest BCUT2D eigenvalue weighted by Gasteiger charge is -2.01. The number of oxazole rings is 1. The van der Waals surface area contributed by atoms with Gasteiger partial charge in [-0.3, -0.25) is 0 Å². The highest BCUT2D eigenvalue weighted by molar-refractivity contribution is 7.99. The van der Waals surface area contributed by atoms with Crippen LogP contribution >= 0.6 is 23.4 Å². The first kappa shape index (κ1) is 14.6. The van der Waals surface area contributed by atoms with Crippen molar-refractivity contribution in [3.63, 3.8) is 0 Å². The number of hydrogen-bond acceptors (Lipinski definition) is 5. The van der Waals surface area contributed by atoms with Crippen molar-refractivity contribution in [3.05, 3.63) is 23.2 Å². The maximum Gasteiger partial charge on any atom is 0.256 e.